The van der Waals surface area contributed by atoms with Crippen molar-refractivity contribution in [3.8, 4) is 5.69 Å². The largest absolute Gasteiger partial charge is 0.384 e. The highest BCUT2D eigenvalue weighted by atomic mass is 79.9. The van der Waals surface area contributed by atoms with Crippen molar-refractivity contribution in [2.75, 3.05) is 0 Å². The van der Waals surface area contributed by atoms with Crippen molar-refractivity contribution in [3.05, 3.63) is 45.7 Å². The molecule has 5 heteroatoms. The van der Waals surface area contributed by atoms with Gasteiger partial charge in [0, 0.05) is 15.7 Å². The summed E-state index contributed by atoms with van der Waals surface area (Å²) >= 11 is 3.41. The van der Waals surface area contributed by atoms with Gasteiger partial charge < -0.3 is 5.73 Å². The predicted octanol–water partition coefficient (Wildman–Crippen LogP) is 3.04. The third-order valence-electron chi connectivity index (χ3n) is 3.04. The maximum atomic E-state index is 7.72. The molecule has 100 valence electrons. The molecule has 2 rings (SSSR count). The molecule has 2 aromatic rings. The summed E-state index contributed by atoms with van der Waals surface area (Å²) in [6.45, 7) is 4.18. The number of nitrogens with two attached hydrogens (primary N) is 1. The molecule has 1 aromatic carbocycles. The number of aromatic nitrogens is 2. The van der Waals surface area contributed by atoms with Gasteiger partial charge in [-0.25, -0.2) is 4.68 Å². The SMILES string of the molecule is CCc1cc(CC)n(-c2ccc(Br)cc2C(=N)N)n1. The molecule has 0 amide bonds. The molecule has 19 heavy (non-hydrogen) atoms. The van der Waals surface area contributed by atoms with Crippen LogP contribution in [-0.2, 0) is 12.8 Å². The molecule has 0 aliphatic carbocycles. The lowest BCUT2D eigenvalue weighted by Gasteiger charge is -2.11. The summed E-state index contributed by atoms with van der Waals surface area (Å²) in [5.41, 5.74) is 9.39. The van der Waals surface area contributed by atoms with Crippen LogP contribution >= 0.6 is 15.9 Å². The number of rotatable bonds is 4. The lowest BCUT2D eigenvalue weighted by molar-refractivity contribution is 0.792. The van der Waals surface area contributed by atoms with Crippen LogP contribution in [0.2, 0.25) is 0 Å². The van der Waals surface area contributed by atoms with E-state index in [-0.39, 0.29) is 5.84 Å². The normalized spacial score (nSPS) is 10.7. The molecule has 4 nitrogen and oxygen atoms in total. The first-order chi connectivity index (χ1) is 9.06. The number of nitrogens with zero attached hydrogens (tertiary/aromatic N) is 2. The van der Waals surface area contributed by atoms with E-state index in [1.165, 1.54) is 0 Å². The molecule has 0 aliphatic rings. The van der Waals surface area contributed by atoms with Crippen molar-refractivity contribution in [1.29, 1.82) is 5.41 Å². The van der Waals surface area contributed by atoms with E-state index in [9.17, 15) is 0 Å². The summed E-state index contributed by atoms with van der Waals surface area (Å²) in [6.07, 6.45) is 1.78. The van der Waals surface area contributed by atoms with Gasteiger partial charge in [0.25, 0.3) is 0 Å². The molecule has 0 radical (unpaired) electrons. The molecule has 0 spiro atoms. The average molecular weight is 321 g/mol. The number of nitrogens with one attached hydrogen (secondary N) is 1. The Kier molecular flexibility index (Phi) is 4.04. The summed E-state index contributed by atoms with van der Waals surface area (Å²) in [5.74, 6) is 0.0481. The van der Waals surface area contributed by atoms with Gasteiger partial charge >= 0.3 is 0 Å². The third kappa shape index (κ3) is 2.71. The Morgan fingerprint density at radius 2 is 2.05 bits per heavy atom. The van der Waals surface area contributed by atoms with Crippen LogP contribution in [0.4, 0.5) is 0 Å². The molecule has 0 unspecified atom stereocenters. The van der Waals surface area contributed by atoms with E-state index in [0.717, 1.165) is 34.4 Å². The summed E-state index contributed by atoms with van der Waals surface area (Å²) in [7, 11) is 0. The fourth-order valence-corrected chi connectivity index (χ4v) is 2.38. The second-order valence-electron chi connectivity index (χ2n) is 4.32. The first kappa shape index (κ1) is 13.8. The minimum atomic E-state index is 0.0481. The molecule has 1 aromatic heterocycles. The van der Waals surface area contributed by atoms with Crippen molar-refractivity contribution < 1.29 is 0 Å². The minimum absolute atomic E-state index is 0.0481. The maximum Gasteiger partial charge on any atom is 0.125 e. The Hall–Kier alpha value is -1.62. The van der Waals surface area contributed by atoms with Crippen molar-refractivity contribution in [2.45, 2.75) is 26.7 Å². The molecule has 0 atom stereocenters. The van der Waals surface area contributed by atoms with Gasteiger partial charge in [0.1, 0.15) is 5.84 Å². The second kappa shape index (κ2) is 5.57. The Balaban J connectivity index is 2.64. The summed E-state index contributed by atoms with van der Waals surface area (Å²) in [6, 6.07) is 7.83. The Bertz CT molecular complexity index is 616. The molecule has 3 N–H and O–H groups in total. The highest BCUT2D eigenvalue weighted by molar-refractivity contribution is 9.10. The van der Waals surface area contributed by atoms with Crippen LogP contribution in [-0.4, -0.2) is 15.6 Å². The first-order valence-electron chi connectivity index (χ1n) is 6.29. The standard InChI is InChI=1S/C14H17BrN4/c1-3-10-8-11(4-2)19(18-10)13-6-5-9(15)7-12(13)14(16)17/h5-8H,3-4H2,1-2H3,(H3,16,17). The van der Waals surface area contributed by atoms with Gasteiger partial charge in [-0.3, -0.25) is 5.41 Å². The topological polar surface area (TPSA) is 67.7 Å². The monoisotopic (exact) mass is 320 g/mol. The average Bonchev–Trinajstić information content (AvgIpc) is 2.81. The fourth-order valence-electron chi connectivity index (χ4n) is 2.02. The van der Waals surface area contributed by atoms with Gasteiger partial charge in [0.2, 0.25) is 0 Å². The Morgan fingerprint density at radius 1 is 1.32 bits per heavy atom. The van der Waals surface area contributed by atoms with Gasteiger partial charge in [0.15, 0.2) is 0 Å². The number of hydrogen-bond acceptors (Lipinski definition) is 2. The smallest absolute Gasteiger partial charge is 0.125 e. The number of amidine groups is 1. The van der Waals surface area contributed by atoms with E-state index in [0.29, 0.717) is 5.56 Å². The number of halogens is 1. The molecule has 0 fully saturated rings. The number of aryl methyl sites for hydroxylation is 2. The van der Waals surface area contributed by atoms with Crippen molar-refractivity contribution in [2.24, 2.45) is 5.73 Å². The molecule has 0 bridgehead atoms. The molecule has 0 aliphatic heterocycles. The molecular weight excluding hydrogens is 304 g/mol. The van der Waals surface area contributed by atoms with Gasteiger partial charge in [-0.05, 0) is 37.1 Å². The number of hydrogen-bond donors (Lipinski definition) is 2. The van der Waals surface area contributed by atoms with Crippen molar-refractivity contribution >= 4 is 21.8 Å². The summed E-state index contributed by atoms with van der Waals surface area (Å²) < 4.78 is 2.80. The van der Waals surface area contributed by atoms with Crippen LogP contribution in [0, 0.1) is 5.41 Å². The van der Waals surface area contributed by atoms with Gasteiger partial charge in [0.05, 0.1) is 11.4 Å². The Morgan fingerprint density at radius 3 is 2.63 bits per heavy atom. The van der Waals surface area contributed by atoms with E-state index in [4.69, 9.17) is 11.1 Å². The maximum absolute atomic E-state index is 7.72. The van der Waals surface area contributed by atoms with Crippen LogP contribution in [0.25, 0.3) is 5.69 Å². The minimum Gasteiger partial charge on any atom is -0.384 e. The van der Waals surface area contributed by atoms with Crippen molar-refractivity contribution in [3.63, 3.8) is 0 Å². The lowest BCUT2D eigenvalue weighted by atomic mass is 10.1. The molecule has 0 saturated heterocycles. The van der Waals surface area contributed by atoms with Crippen LogP contribution in [0.3, 0.4) is 0 Å². The van der Waals surface area contributed by atoms with E-state index in [2.05, 4.69) is 40.9 Å². The summed E-state index contributed by atoms with van der Waals surface area (Å²) in [5, 5.41) is 12.3. The van der Waals surface area contributed by atoms with Crippen LogP contribution < -0.4 is 5.73 Å². The molecular formula is C14H17BrN4. The molecule has 1 heterocycles. The van der Waals surface area contributed by atoms with Gasteiger partial charge in [-0.15, -0.1) is 0 Å². The second-order valence-corrected chi connectivity index (χ2v) is 5.24. The lowest BCUT2D eigenvalue weighted by Crippen LogP contribution is -2.16. The van der Waals surface area contributed by atoms with E-state index in [1.807, 2.05) is 22.9 Å². The Labute approximate surface area is 121 Å². The quantitative estimate of drug-likeness (QED) is 0.671. The zero-order valence-corrected chi connectivity index (χ0v) is 12.7. The van der Waals surface area contributed by atoms with Crippen LogP contribution in [0.1, 0.15) is 30.8 Å². The van der Waals surface area contributed by atoms with Crippen LogP contribution in [0.15, 0.2) is 28.7 Å². The zero-order chi connectivity index (χ0) is 14.0. The van der Waals surface area contributed by atoms with Gasteiger partial charge in [-0.1, -0.05) is 29.8 Å². The zero-order valence-electron chi connectivity index (χ0n) is 11.1. The van der Waals surface area contributed by atoms with E-state index >= 15 is 0 Å². The van der Waals surface area contributed by atoms with Gasteiger partial charge in [-0.2, -0.15) is 5.10 Å². The summed E-state index contributed by atoms with van der Waals surface area (Å²) in [4.78, 5) is 0. The fraction of sp³-hybridized carbons (Fsp3) is 0.286. The third-order valence-corrected chi connectivity index (χ3v) is 3.53. The predicted molar refractivity (Wildman–Crippen MR) is 81.0 cm³/mol. The highest BCUT2D eigenvalue weighted by Crippen LogP contribution is 2.22. The molecule has 0 saturated carbocycles. The number of nitrogen functional groups attached to an aromatic ring is 1. The van der Waals surface area contributed by atoms with Crippen molar-refractivity contribution in [1.82, 2.24) is 9.78 Å². The van der Waals surface area contributed by atoms with E-state index in [1.54, 1.807) is 0 Å². The van der Waals surface area contributed by atoms with E-state index < -0.39 is 0 Å². The van der Waals surface area contributed by atoms with Crippen LogP contribution in [0.5, 0.6) is 0 Å². The number of benzene rings is 1. The first-order valence-corrected chi connectivity index (χ1v) is 7.08. The highest BCUT2D eigenvalue weighted by Gasteiger charge is 2.13.